The van der Waals surface area contributed by atoms with Gasteiger partial charge in [-0.25, -0.2) is 0 Å². The van der Waals surface area contributed by atoms with Crippen LogP contribution in [0.4, 0.5) is 0 Å². The van der Waals surface area contributed by atoms with Crippen LogP contribution in [-0.2, 0) is 6.54 Å². The molecule has 0 radical (unpaired) electrons. The van der Waals surface area contributed by atoms with Crippen molar-refractivity contribution < 1.29 is 0 Å². The summed E-state index contributed by atoms with van der Waals surface area (Å²) in [5.74, 6) is 0. The first-order valence-corrected chi connectivity index (χ1v) is 6.39. The highest BCUT2D eigenvalue weighted by molar-refractivity contribution is 9.11. The van der Waals surface area contributed by atoms with E-state index in [0.717, 1.165) is 19.6 Å². The van der Waals surface area contributed by atoms with Crippen LogP contribution in [0.3, 0.4) is 0 Å². The third-order valence-corrected chi connectivity index (χ3v) is 3.51. The standard InChI is InChI=1S/C10H17BrN2S/c1-13(2)7-3-6-12-8-9-4-5-10(11)14-9/h4-5,12H,3,6-8H2,1-2H3. The molecular formula is C10H17BrN2S. The van der Waals surface area contributed by atoms with Crippen LogP contribution in [0.25, 0.3) is 0 Å². The van der Waals surface area contributed by atoms with Crippen molar-refractivity contribution in [3.8, 4) is 0 Å². The minimum absolute atomic E-state index is 0.990. The Bertz CT molecular complexity index is 260. The molecule has 4 heteroatoms. The van der Waals surface area contributed by atoms with E-state index in [0.29, 0.717) is 0 Å². The molecule has 0 fully saturated rings. The number of rotatable bonds is 6. The third kappa shape index (κ3) is 5.10. The maximum atomic E-state index is 3.46. The van der Waals surface area contributed by atoms with Crippen molar-refractivity contribution in [2.75, 3.05) is 27.2 Å². The number of hydrogen-bond donors (Lipinski definition) is 1. The molecule has 80 valence electrons. The summed E-state index contributed by atoms with van der Waals surface area (Å²) in [6, 6.07) is 4.26. The van der Waals surface area contributed by atoms with Gasteiger partial charge in [-0.05, 0) is 61.7 Å². The van der Waals surface area contributed by atoms with E-state index in [-0.39, 0.29) is 0 Å². The Kier molecular flexibility index (Phi) is 5.70. The topological polar surface area (TPSA) is 15.3 Å². The van der Waals surface area contributed by atoms with Gasteiger partial charge in [0.15, 0.2) is 0 Å². The molecule has 14 heavy (non-hydrogen) atoms. The van der Waals surface area contributed by atoms with Gasteiger partial charge < -0.3 is 10.2 Å². The summed E-state index contributed by atoms with van der Waals surface area (Å²) >= 11 is 5.25. The lowest BCUT2D eigenvalue weighted by Gasteiger charge is -2.09. The molecule has 0 saturated heterocycles. The lowest BCUT2D eigenvalue weighted by atomic mass is 10.4. The van der Waals surface area contributed by atoms with E-state index in [1.54, 1.807) is 11.3 Å². The molecule has 0 aliphatic heterocycles. The minimum atomic E-state index is 0.990. The summed E-state index contributed by atoms with van der Waals surface area (Å²) in [4.78, 5) is 3.60. The second-order valence-corrected chi connectivity index (χ2v) is 6.09. The van der Waals surface area contributed by atoms with Crippen molar-refractivity contribution in [3.63, 3.8) is 0 Å². The van der Waals surface area contributed by atoms with Crippen molar-refractivity contribution >= 4 is 27.3 Å². The Hall–Kier alpha value is 0.1000. The molecule has 2 nitrogen and oxygen atoms in total. The molecule has 1 heterocycles. The first kappa shape index (κ1) is 12.2. The molecule has 1 rings (SSSR count). The van der Waals surface area contributed by atoms with Crippen LogP contribution in [0.15, 0.2) is 15.9 Å². The molecule has 1 N–H and O–H groups in total. The monoisotopic (exact) mass is 276 g/mol. The average Bonchev–Trinajstić information content (AvgIpc) is 2.50. The van der Waals surface area contributed by atoms with Crippen molar-refractivity contribution in [2.24, 2.45) is 0 Å². The highest BCUT2D eigenvalue weighted by Gasteiger charge is 1.96. The highest BCUT2D eigenvalue weighted by Crippen LogP contribution is 2.21. The molecule has 1 aromatic heterocycles. The van der Waals surface area contributed by atoms with E-state index in [9.17, 15) is 0 Å². The molecule has 0 spiro atoms. The Labute approximate surface area is 98.4 Å². The van der Waals surface area contributed by atoms with E-state index >= 15 is 0 Å². The summed E-state index contributed by atoms with van der Waals surface area (Å²) in [7, 11) is 4.22. The molecule has 0 bridgehead atoms. The first-order chi connectivity index (χ1) is 6.68. The minimum Gasteiger partial charge on any atom is -0.312 e. The van der Waals surface area contributed by atoms with E-state index in [1.165, 1.54) is 15.1 Å². The van der Waals surface area contributed by atoms with Crippen molar-refractivity contribution in [2.45, 2.75) is 13.0 Å². The van der Waals surface area contributed by atoms with Crippen LogP contribution >= 0.6 is 27.3 Å². The van der Waals surface area contributed by atoms with Gasteiger partial charge in [0.25, 0.3) is 0 Å². The fraction of sp³-hybridized carbons (Fsp3) is 0.600. The maximum Gasteiger partial charge on any atom is 0.0701 e. The molecule has 1 aromatic rings. The van der Waals surface area contributed by atoms with Crippen LogP contribution in [0.2, 0.25) is 0 Å². The van der Waals surface area contributed by atoms with Crippen LogP contribution in [0, 0.1) is 0 Å². The van der Waals surface area contributed by atoms with Crippen molar-refractivity contribution in [3.05, 3.63) is 20.8 Å². The van der Waals surface area contributed by atoms with Crippen molar-refractivity contribution in [1.82, 2.24) is 10.2 Å². The van der Waals surface area contributed by atoms with Gasteiger partial charge >= 0.3 is 0 Å². The van der Waals surface area contributed by atoms with Gasteiger partial charge in [0.05, 0.1) is 3.79 Å². The zero-order chi connectivity index (χ0) is 10.4. The van der Waals surface area contributed by atoms with Crippen LogP contribution < -0.4 is 5.32 Å². The van der Waals surface area contributed by atoms with Gasteiger partial charge in [0.2, 0.25) is 0 Å². The summed E-state index contributed by atoms with van der Waals surface area (Å²) in [5, 5.41) is 3.43. The quantitative estimate of drug-likeness (QED) is 0.804. The maximum absolute atomic E-state index is 3.46. The fourth-order valence-corrected chi connectivity index (χ4v) is 2.63. The molecule has 0 amide bonds. The fourth-order valence-electron chi connectivity index (χ4n) is 1.18. The average molecular weight is 277 g/mol. The molecule has 0 aromatic carbocycles. The second-order valence-electron chi connectivity index (χ2n) is 3.54. The number of nitrogens with zero attached hydrogens (tertiary/aromatic N) is 1. The van der Waals surface area contributed by atoms with Gasteiger partial charge in [-0.15, -0.1) is 11.3 Å². The highest BCUT2D eigenvalue weighted by atomic mass is 79.9. The molecule has 0 saturated carbocycles. The van der Waals surface area contributed by atoms with Gasteiger partial charge in [-0.2, -0.15) is 0 Å². The molecular weight excluding hydrogens is 260 g/mol. The molecule has 0 aliphatic rings. The summed E-state index contributed by atoms with van der Waals surface area (Å²) < 4.78 is 1.21. The lowest BCUT2D eigenvalue weighted by Crippen LogP contribution is -2.20. The van der Waals surface area contributed by atoms with E-state index in [4.69, 9.17) is 0 Å². The second kappa shape index (κ2) is 6.56. The number of nitrogens with one attached hydrogen (secondary N) is 1. The molecule has 0 unspecified atom stereocenters. The van der Waals surface area contributed by atoms with Gasteiger partial charge in [-0.1, -0.05) is 0 Å². The number of thiophene rings is 1. The predicted molar refractivity (Wildman–Crippen MR) is 66.9 cm³/mol. The lowest BCUT2D eigenvalue weighted by molar-refractivity contribution is 0.394. The zero-order valence-electron chi connectivity index (χ0n) is 8.72. The van der Waals surface area contributed by atoms with Gasteiger partial charge in [0, 0.05) is 11.4 Å². The van der Waals surface area contributed by atoms with Crippen LogP contribution in [0.5, 0.6) is 0 Å². The summed E-state index contributed by atoms with van der Waals surface area (Å²) in [6.45, 7) is 3.23. The summed E-state index contributed by atoms with van der Waals surface area (Å²) in [5.41, 5.74) is 0. The third-order valence-electron chi connectivity index (χ3n) is 1.89. The number of halogens is 1. The number of hydrogen-bond acceptors (Lipinski definition) is 3. The Balaban J connectivity index is 2.04. The van der Waals surface area contributed by atoms with Crippen molar-refractivity contribution in [1.29, 1.82) is 0 Å². The summed E-state index contributed by atoms with van der Waals surface area (Å²) in [6.07, 6.45) is 1.21. The zero-order valence-corrected chi connectivity index (χ0v) is 11.1. The predicted octanol–water partition coefficient (Wildman–Crippen LogP) is 2.55. The van der Waals surface area contributed by atoms with E-state index < -0.39 is 0 Å². The van der Waals surface area contributed by atoms with Crippen LogP contribution in [-0.4, -0.2) is 32.1 Å². The van der Waals surface area contributed by atoms with Gasteiger partial charge in [-0.3, -0.25) is 0 Å². The molecule has 0 aliphatic carbocycles. The van der Waals surface area contributed by atoms with E-state index in [1.807, 2.05) is 0 Å². The normalized spacial score (nSPS) is 11.1. The Morgan fingerprint density at radius 2 is 2.21 bits per heavy atom. The Morgan fingerprint density at radius 1 is 1.43 bits per heavy atom. The smallest absolute Gasteiger partial charge is 0.0701 e. The van der Waals surface area contributed by atoms with E-state index in [2.05, 4.69) is 52.4 Å². The SMILES string of the molecule is CN(C)CCCNCc1ccc(Br)s1. The molecule has 0 atom stereocenters. The van der Waals surface area contributed by atoms with Gasteiger partial charge in [0.1, 0.15) is 0 Å². The Morgan fingerprint density at radius 3 is 2.79 bits per heavy atom. The largest absolute Gasteiger partial charge is 0.312 e. The van der Waals surface area contributed by atoms with Crippen LogP contribution in [0.1, 0.15) is 11.3 Å². The first-order valence-electron chi connectivity index (χ1n) is 4.78.